The van der Waals surface area contributed by atoms with E-state index in [-0.39, 0.29) is 18.3 Å². The molecule has 0 atom stereocenters. The van der Waals surface area contributed by atoms with Crippen LogP contribution in [0.3, 0.4) is 0 Å². The van der Waals surface area contributed by atoms with Crippen LogP contribution in [0.2, 0.25) is 0 Å². The zero-order chi connectivity index (χ0) is 24.6. The van der Waals surface area contributed by atoms with E-state index in [9.17, 15) is 9.18 Å². The number of halogens is 2. The van der Waals surface area contributed by atoms with Crippen LogP contribution in [0.15, 0.2) is 87.2 Å². The van der Waals surface area contributed by atoms with Crippen molar-refractivity contribution in [1.82, 2.24) is 4.90 Å². The van der Waals surface area contributed by atoms with Gasteiger partial charge >= 0.3 is 0 Å². The highest BCUT2D eigenvalue weighted by Gasteiger charge is 2.33. The first kappa shape index (κ1) is 25.2. The van der Waals surface area contributed by atoms with Gasteiger partial charge in [-0.1, -0.05) is 52.3 Å². The first-order valence-electron chi connectivity index (χ1n) is 11.1. The van der Waals surface area contributed by atoms with E-state index in [1.54, 1.807) is 35.2 Å². The van der Waals surface area contributed by atoms with Gasteiger partial charge in [0, 0.05) is 22.2 Å². The molecule has 0 aromatic heterocycles. The summed E-state index contributed by atoms with van der Waals surface area (Å²) in [7, 11) is 0. The average Bonchev–Trinajstić information content (AvgIpc) is 3.14. The second-order valence-electron chi connectivity index (χ2n) is 7.56. The Kier molecular flexibility index (Phi) is 8.74. The van der Waals surface area contributed by atoms with Gasteiger partial charge < -0.3 is 9.47 Å². The summed E-state index contributed by atoms with van der Waals surface area (Å²) in [6, 6.07) is 21.5. The molecule has 1 aliphatic rings. The maximum absolute atomic E-state index is 14.1. The molecule has 1 heterocycles. The van der Waals surface area contributed by atoms with Crippen LogP contribution in [0, 0.1) is 5.82 Å². The molecule has 0 N–H and O–H groups in total. The Labute approximate surface area is 216 Å². The molecule has 8 heteroatoms. The predicted molar refractivity (Wildman–Crippen MR) is 142 cm³/mol. The first-order chi connectivity index (χ1) is 17.0. The molecule has 180 valence electrons. The van der Waals surface area contributed by atoms with Crippen molar-refractivity contribution in [2.24, 2.45) is 4.99 Å². The lowest BCUT2D eigenvalue weighted by atomic mass is 10.1. The number of hydrogen-bond donors (Lipinski definition) is 0. The fourth-order valence-corrected chi connectivity index (χ4v) is 4.77. The van der Waals surface area contributed by atoms with Crippen LogP contribution >= 0.6 is 27.7 Å². The molecule has 5 nitrogen and oxygen atoms in total. The van der Waals surface area contributed by atoms with Crippen LogP contribution in [-0.4, -0.2) is 35.7 Å². The van der Waals surface area contributed by atoms with Crippen molar-refractivity contribution in [3.63, 3.8) is 0 Å². The smallest absolute Gasteiger partial charge is 0.266 e. The highest BCUT2D eigenvalue weighted by Crippen LogP contribution is 2.36. The molecule has 0 bridgehead atoms. The standard InChI is InChI=1S/C27H24BrFN2O3S/c1-2-33-15-14-31-26(32)25(35-27(31)30-22-9-4-3-5-10-22)17-20-16-21(28)12-13-24(20)34-18-19-8-6-7-11-23(19)29/h3-13,16-17H,2,14-15,18H2,1H3/b25-17-,30-27?. The number of ether oxygens (including phenoxy) is 2. The van der Waals surface area contributed by atoms with Gasteiger partial charge in [0.25, 0.3) is 5.91 Å². The number of amides is 1. The Balaban J connectivity index is 1.62. The van der Waals surface area contributed by atoms with E-state index >= 15 is 0 Å². The summed E-state index contributed by atoms with van der Waals surface area (Å²) in [4.78, 5) is 20.2. The molecular formula is C27H24BrFN2O3S. The molecule has 0 spiro atoms. The zero-order valence-electron chi connectivity index (χ0n) is 19.1. The Morgan fingerprint density at radius 2 is 1.86 bits per heavy atom. The Morgan fingerprint density at radius 1 is 1.09 bits per heavy atom. The number of nitrogens with zero attached hydrogens (tertiary/aromatic N) is 2. The molecular weight excluding hydrogens is 531 g/mol. The number of amidine groups is 1. The minimum atomic E-state index is -0.322. The number of benzene rings is 3. The number of carbonyl (C=O) groups excluding carboxylic acids is 1. The fourth-order valence-electron chi connectivity index (χ4n) is 3.38. The second-order valence-corrected chi connectivity index (χ2v) is 9.48. The lowest BCUT2D eigenvalue weighted by molar-refractivity contribution is -0.122. The quantitative estimate of drug-likeness (QED) is 0.215. The number of carbonyl (C=O) groups is 1. The molecule has 4 rings (SSSR count). The summed E-state index contributed by atoms with van der Waals surface area (Å²) >= 11 is 4.80. The minimum absolute atomic E-state index is 0.0762. The van der Waals surface area contributed by atoms with Gasteiger partial charge in [-0.05, 0) is 61.2 Å². The normalized spacial score (nSPS) is 15.9. The third kappa shape index (κ3) is 6.60. The number of hydrogen-bond acceptors (Lipinski definition) is 5. The van der Waals surface area contributed by atoms with Crippen LogP contribution in [0.5, 0.6) is 5.75 Å². The van der Waals surface area contributed by atoms with Crippen LogP contribution in [-0.2, 0) is 16.1 Å². The Bertz CT molecular complexity index is 1250. The van der Waals surface area contributed by atoms with Crippen molar-refractivity contribution in [3.8, 4) is 5.75 Å². The monoisotopic (exact) mass is 554 g/mol. The van der Waals surface area contributed by atoms with E-state index in [4.69, 9.17) is 14.5 Å². The summed E-state index contributed by atoms with van der Waals surface area (Å²) in [5, 5.41) is 0.593. The summed E-state index contributed by atoms with van der Waals surface area (Å²) in [6.45, 7) is 3.38. The Morgan fingerprint density at radius 3 is 2.63 bits per heavy atom. The van der Waals surface area contributed by atoms with Gasteiger partial charge in [0.1, 0.15) is 18.2 Å². The van der Waals surface area contributed by atoms with Crippen LogP contribution in [0.1, 0.15) is 18.1 Å². The lowest BCUT2D eigenvalue weighted by Gasteiger charge is -2.15. The van der Waals surface area contributed by atoms with Gasteiger partial charge in [-0.15, -0.1) is 0 Å². The van der Waals surface area contributed by atoms with Crippen molar-refractivity contribution in [2.45, 2.75) is 13.5 Å². The van der Waals surface area contributed by atoms with Gasteiger partial charge in [-0.25, -0.2) is 9.38 Å². The Hall–Kier alpha value is -2.94. The number of aliphatic imine (C=N–C) groups is 1. The number of rotatable bonds is 9. The second kappa shape index (κ2) is 12.2. The molecule has 3 aromatic rings. The highest BCUT2D eigenvalue weighted by atomic mass is 79.9. The molecule has 0 radical (unpaired) electrons. The molecule has 1 saturated heterocycles. The predicted octanol–water partition coefficient (Wildman–Crippen LogP) is 6.81. The molecule has 0 aliphatic carbocycles. The van der Waals surface area contributed by atoms with Crippen LogP contribution in [0.4, 0.5) is 10.1 Å². The third-order valence-electron chi connectivity index (χ3n) is 5.13. The SMILES string of the molecule is CCOCCN1C(=O)/C(=C/c2cc(Br)ccc2OCc2ccccc2F)SC1=Nc1ccccc1. The first-order valence-corrected chi connectivity index (χ1v) is 12.7. The topological polar surface area (TPSA) is 51.1 Å². The van der Waals surface area contributed by atoms with Crippen molar-refractivity contribution < 1.29 is 18.7 Å². The third-order valence-corrected chi connectivity index (χ3v) is 6.63. The molecule has 1 fully saturated rings. The molecule has 3 aromatic carbocycles. The van der Waals surface area contributed by atoms with Crippen LogP contribution < -0.4 is 4.74 Å². The largest absolute Gasteiger partial charge is 0.488 e. The van der Waals surface area contributed by atoms with E-state index in [1.807, 2.05) is 49.4 Å². The lowest BCUT2D eigenvalue weighted by Crippen LogP contribution is -2.32. The van der Waals surface area contributed by atoms with E-state index in [0.717, 1.165) is 10.2 Å². The van der Waals surface area contributed by atoms with E-state index < -0.39 is 0 Å². The van der Waals surface area contributed by atoms with Crippen molar-refractivity contribution in [2.75, 3.05) is 19.8 Å². The van der Waals surface area contributed by atoms with Gasteiger partial charge in [0.05, 0.1) is 23.7 Å². The fraction of sp³-hybridized carbons (Fsp3) is 0.185. The highest BCUT2D eigenvalue weighted by molar-refractivity contribution is 9.10. The molecule has 0 unspecified atom stereocenters. The average molecular weight is 555 g/mol. The maximum Gasteiger partial charge on any atom is 0.266 e. The zero-order valence-corrected chi connectivity index (χ0v) is 21.5. The van der Waals surface area contributed by atoms with Gasteiger partial charge in [-0.3, -0.25) is 9.69 Å². The van der Waals surface area contributed by atoms with Crippen molar-refractivity contribution in [3.05, 3.63) is 99.1 Å². The maximum atomic E-state index is 14.1. The number of para-hydroxylation sites is 1. The number of thioether (sulfide) groups is 1. The van der Waals surface area contributed by atoms with Gasteiger partial charge in [-0.2, -0.15) is 0 Å². The van der Waals surface area contributed by atoms with Gasteiger partial charge in [0.2, 0.25) is 0 Å². The molecule has 35 heavy (non-hydrogen) atoms. The minimum Gasteiger partial charge on any atom is -0.488 e. The van der Waals surface area contributed by atoms with E-state index in [2.05, 4.69) is 15.9 Å². The molecule has 1 aliphatic heterocycles. The van der Waals surface area contributed by atoms with E-state index in [0.29, 0.717) is 46.7 Å². The van der Waals surface area contributed by atoms with E-state index in [1.165, 1.54) is 17.8 Å². The summed E-state index contributed by atoms with van der Waals surface area (Å²) < 4.78 is 26.3. The summed E-state index contributed by atoms with van der Waals surface area (Å²) in [5.41, 5.74) is 1.93. The van der Waals surface area contributed by atoms with Crippen LogP contribution in [0.25, 0.3) is 6.08 Å². The summed E-state index contributed by atoms with van der Waals surface area (Å²) in [5.74, 6) is 0.0776. The van der Waals surface area contributed by atoms with Crippen molar-refractivity contribution >= 4 is 50.5 Å². The van der Waals surface area contributed by atoms with Gasteiger partial charge in [0.15, 0.2) is 5.17 Å². The molecule has 0 saturated carbocycles. The summed E-state index contributed by atoms with van der Waals surface area (Å²) in [6.07, 6.45) is 1.79. The molecule has 1 amide bonds. The van der Waals surface area contributed by atoms with Crippen molar-refractivity contribution in [1.29, 1.82) is 0 Å².